The summed E-state index contributed by atoms with van der Waals surface area (Å²) in [4.78, 5) is 25.5. The third kappa shape index (κ3) is 4.40. The lowest BCUT2D eigenvalue weighted by Gasteiger charge is -2.29. The van der Waals surface area contributed by atoms with Crippen LogP contribution in [0.1, 0.15) is 58.0 Å². The molecule has 9 heteroatoms. The van der Waals surface area contributed by atoms with E-state index in [4.69, 9.17) is 14.6 Å². The van der Waals surface area contributed by atoms with Gasteiger partial charge in [-0.15, -0.1) is 0 Å². The Labute approximate surface area is 168 Å². The van der Waals surface area contributed by atoms with Gasteiger partial charge in [0.25, 0.3) is 11.8 Å². The van der Waals surface area contributed by atoms with Crippen LogP contribution in [0.4, 0.5) is 0 Å². The highest BCUT2D eigenvalue weighted by Crippen LogP contribution is 2.34. The van der Waals surface area contributed by atoms with Crippen molar-refractivity contribution in [2.24, 2.45) is 0 Å². The number of nitrogens with zero attached hydrogens (tertiary/aromatic N) is 3. The van der Waals surface area contributed by atoms with Gasteiger partial charge in [-0.1, -0.05) is 22.4 Å². The first-order chi connectivity index (χ1) is 14.1. The molecule has 0 radical (unpaired) electrons. The topological polar surface area (TPSA) is 118 Å². The number of benzene rings is 1. The smallest absolute Gasteiger partial charge is 0.359 e. The molecule has 2 heterocycles. The number of hydrogen-bond acceptors (Lipinski definition) is 6. The van der Waals surface area contributed by atoms with Crippen molar-refractivity contribution in [1.82, 2.24) is 20.3 Å². The van der Waals surface area contributed by atoms with Crippen molar-refractivity contribution in [2.75, 3.05) is 26.3 Å². The number of rotatable bonds is 5. The maximum absolute atomic E-state index is 12.6. The van der Waals surface area contributed by atoms with Crippen molar-refractivity contribution in [1.29, 1.82) is 0 Å². The highest BCUT2D eigenvalue weighted by molar-refractivity contribution is 5.94. The predicted molar refractivity (Wildman–Crippen MR) is 102 cm³/mol. The monoisotopic (exact) mass is 400 g/mol. The Balaban J connectivity index is 1.32. The number of aromatic nitrogens is 3. The molecule has 0 unspecified atom stereocenters. The van der Waals surface area contributed by atoms with Gasteiger partial charge in [0.15, 0.2) is 0 Å². The molecule has 0 bridgehead atoms. The summed E-state index contributed by atoms with van der Waals surface area (Å²) in [7, 11) is 0. The zero-order valence-corrected chi connectivity index (χ0v) is 16.0. The predicted octanol–water partition coefficient (Wildman–Crippen LogP) is 2.08. The molecule has 1 aliphatic heterocycles. The second-order valence-corrected chi connectivity index (χ2v) is 7.42. The average molecular weight is 400 g/mol. The maximum Gasteiger partial charge on any atom is 0.359 e. The average Bonchev–Trinajstić information content (AvgIpc) is 3.23. The van der Waals surface area contributed by atoms with Crippen LogP contribution in [0.3, 0.4) is 0 Å². The Morgan fingerprint density at radius 1 is 1.10 bits per heavy atom. The van der Waals surface area contributed by atoms with Gasteiger partial charge in [0.2, 0.25) is 5.69 Å². The van der Waals surface area contributed by atoms with Crippen LogP contribution in [0.5, 0.6) is 5.88 Å². The molecule has 9 nitrogen and oxygen atoms in total. The fourth-order valence-corrected chi connectivity index (χ4v) is 3.96. The van der Waals surface area contributed by atoms with E-state index in [1.807, 2.05) is 29.2 Å². The van der Waals surface area contributed by atoms with Gasteiger partial charge in [0, 0.05) is 18.7 Å². The van der Waals surface area contributed by atoms with E-state index in [1.165, 1.54) is 5.56 Å². The first-order valence-electron chi connectivity index (χ1n) is 9.90. The van der Waals surface area contributed by atoms with Crippen LogP contribution in [0, 0.1) is 0 Å². The van der Waals surface area contributed by atoms with Crippen LogP contribution in [0.15, 0.2) is 24.3 Å². The highest BCUT2D eigenvalue weighted by Gasteiger charge is 2.27. The number of H-pyrrole nitrogens is 1. The van der Waals surface area contributed by atoms with Gasteiger partial charge in [-0.3, -0.25) is 4.79 Å². The van der Waals surface area contributed by atoms with Crippen molar-refractivity contribution in [3.63, 3.8) is 0 Å². The van der Waals surface area contributed by atoms with E-state index in [2.05, 4.69) is 15.4 Å². The molecule has 29 heavy (non-hydrogen) atoms. The molecular weight excluding hydrogens is 376 g/mol. The Bertz CT molecular complexity index is 852. The zero-order valence-electron chi connectivity index (χ0n) is 16.0. The van der Waals surface area contributed by atoms with E-state index < -0.39 is 5.97 Å². The zero-order chi connectivity index (χ0) is 20.2. The Kier molecular flexibility index (Phi) is 5.75. The number of morpholine rings is 1. The number of nitrogens with one attached hydrogen (secondary N) is 1. The van der Waals surface area contributed by atoms with Crippen molar-refractivity contribution < 1.29 is 24.2 Å². The Morgan fingerprint density at radius 3 is 2.45 bits per heavy atom. The molecule has 2 fully saturated rings. The van der Waals surface area contributed by atoms with Crippen LogP contribution < -0.4 is 4.74 Å². The number of carbonyl (C=O) groups is 2. The quantitative estimate of drug-likeness (QED) is 0.789. The first-order valence-corrected chi connectivity index (χ1v) is 9.90. The van der Waals surface area contributed by atoms with E-state index >= 15 is 0 Å². The lowest BCUT2D eigenvalue weighted by atomic mass is 9.82. The molecule has 1 aliphatic carbocycles. The molecule has 0 spiro atoms. The SMILES string of the molecule is O=C(O)c1[nH]nnc1OC1CCC(c2ccc(C(=O)N3CCOCC3)cc2)CC1. The number of ether oxygens (including phenoxy) is 2. The van der Waals surface area contributed by atoms with E-state index in [0.717, 1.165) is 25.7 Å². The molecule has 1 saturated carbocycles. The fourth-order valence-electron chi connectivity index (χ4n) is 3.96. The van der Waals surface area contributed by atoms with Crippen molar-refractivity contribution >= 4 is 11.9 Å². The third-order valence-corrected chi connectivity index (χ3v) is 5.61. The molecule has 1 amide bonds. The number of hydrogen-bond donors (Lipinski definition) is 2. The van der Waals surface area contributed by atoms with Crippen molar-refractivity contribution in [2.45, 2.75) is 37.7 Å². The second-order valence-electron chi connectivity index (χ2n) is 7.42. The van der Waals surface area contributed by atoms with Gasteiger partial charge in [-0.05, 0) is 49.3 Å². The van der Waals surface area contributed by atoms with Crippen LogP contribution >= 0.6 is 0 Å². The minimum Gasteiger partial charge on any atom is -0.476 e. The lowest BCUT2D eigenvalue weighted by molar-refractivity contribution is 0.0303. The number of aromatic amines is 1. The van der Waals surface area contributed by atoms with E-state index in [9.17, 15) is 9.59 Å². The summed E-state index contributed by atoms with van der Waals surface area (Å²) in [6.45, 7) is 2.47. The summed E-state index contributed by atoms with van der Waals surface area (Å²) >= 11 is 0. The lowest BCUT2D eigenvalue weighted by Crippen LogP contribution is -2.40. The van der Waals surface area contributed by atoms with E-state index in [1.54, 1.807) is 0 Å². The van der Waals surface area contributed by atoms with E-state index in [0.29, 0.717) is 37.8 Å². The Morgan fingerprint density at radius 2 is 1.79 bits per heavy atom. The minimum atomic E-state index is -1.13. The van der Waals surface area contributed by atoms with E-state index in [-0.39, 0.29) is 23.6 Å². The molecule has 0 atom stereocenters. The number of carbonyl (C=O) groups excluding carboxylic acids is 1. The summed E-state index contributed by atoms with van der Waals surface area (Å²) in [5, 5.41) is 18.7. The van der Waals surface area contributed by atoms with Crippen molar-refractivity contribution in [3.05, 3.63) is 41.1 Å². The summed E-state index contributed by atoms with van der Waals surface area (Å²) in [5.41, 5.74) is 1.81. The second kappa shape index (κ2) is 8.60. The summed E-state index contributed by atoms with van der Waals surface area (Å²) < 4.78 is 11.0. The minimum absolute atomic E-state index is 0.0481. The normalized spacial score (nSPS) is 22.3. The van der Waals surface area contributed by atoms with Crippen molar-refractivity contribution in [3.8, 4) is 5.88 Å². The molecule has 2 N–H and O–H groups in total. The molecule has 1 saturated heterocycles. The summed E-state index contributed by atoms with van der Waals surface area (Å²) in [6.07, 6.45) is 3.41. The Hall–Kier alpha value is -2.94. The summed E-state index contributed by atoms with van der Waals surface area (Å²) in [5.74, 6) is -0.630. The van der Waals surface area contributed by atoms with Gasteiger partial charge in [0.05, 0.1) is 13.2 Å². The van der Waals surface area contributed by atoms with Crippen LogP contribution in [0.25, 0.3) is 0 Å². The van der Waals surface area contributed by atoms with Gasteiger partial charge in [-0.2, -0.15) is 0 Å². The number of amides is 1. The van der Waals surface area contributed by atoms with Crippen LogP contribution in [-0.2, 0) is 4.74 Å². The summed E-state index contributed by atoms with van der Waals surface area (Å²) in [6, 6.07) is 7.90. The molecule has 4 rings (SSSR count). The molecule has 1 aromatic carbocycles. The van der Waals surface area contributed by atoms with Gasteiger partial charge in [0.1, 0.15) is 6.10 Å². The highest BCUT2D eigenvalue weighted by atomic mass is 16.5. The van der Waals surface area contributed by atoms with Crippen LogP contribution in [0.2, 0.25) is 0 Å². The van der Waals surface area contributed by atoms with Crippen LogP contribution in [-0.4, -0.2) is 69.7 Å². The number of carboxylic acids is 1. The number of carboxylic acid groups (broad SMARTS) is 1. The molecular formula is C20H24N4O5. The van der Waals surface area contributed by atoms with Gasteiger partial charge >= 0.3 is 5.97 Å². The first kappa shape index (κ1) is 19.4. The largest absolute Gasteiger partial charge is 0.476 e. The fraction of sp³-hybridized carbons (Fsp3) is 0.500. The number of aromatic carboxylic acids is 1. The standard InChI is InChI=1S/C20H24N4O5/c25-19(24-9-11-28-12-10-24)15-3-1-13(2-4-15)14-5-7-16(8-6-14)29-18-17(20(26)27)21-23-22-18/h1-4,14,16H,5-12H2,(H,26,27)(H,21,22,23). The van der Waals surface area contributed by atoms with Gasteiger partial charge < -0.3 is 19.5 Å². The van der Waals surface area contributed by atoms with Gasteiger partial charge in [-0.25, -0.2) is 9.89 Å². The maximum atomic E-state index is 12.6. The molecule has 2 aliphatic rings. The molecule has 154 valence electrons. The molecule has 2 aromatic rings. The third-order valence-electron chi connectivity index (χ3n) is 5.61. The molecule has 1 aromatic heterocycles.